The van der Waals surface area contributed by atoms with Crippen molar-refractivity contribution >= 4 is 33.2 Å². The van der Waals surface area contributed by atoms with Crippen molar-refractivity contribution in [3.05, 3.63) is 101 Å². The van der Waals surface area contributed by atoms with Crippen LogP contribution in [0.3, 0.4) is 0 Å². The molecule has 0 radical (unpaired) electrons. The van der Waals surface area contributed by atoms with Crippen LogP contribution in [0.2, 0.25) is 0 Å². The van der Waals surface area contributed by atoms with E-state index < -0.39 is 0 Å². The predicted molar refractivity (Wildman–Crippen MR) is 141 cm³/mol. The van der Waals surface area contributed by atoms with Crippen molar-refractivity contribution in [2.24, 2.45) is 5.10 Å². The number of halogens is 3. The topological polar surface area (TPSA) is 35.0 Å². The molecular weight excluding hydrogens is 512 g/mol. The van der Waals surface area contributed by atoms with Crippen LogP contribution in [0, 0.1) is 11.6 Å². The van der Waals surface area contributed by atoms with Gasteiger partial charge in [0, 0.05) is 43.4 Å². The average molecular weight is 540 g/mol. The molecule has 0 atom stereocenters. The fourth-order valence-corrected chi connectivity index (χ4v) is 4.19. The van der Waals surface area contributed by atoms with Gasteiger partial charge in [0.2, 0.25) is 0 Å². The summed E-state index contributed by atoms with van der Waals surface area (Å²) in [4.78, 5) is 9.18. The molecule has 0 N–H and O–H groups in total. The first-order chi connectivity index (χ1) is 16.9. The molecule has 4 rings (SSSR count). The lowest BCUT2D eigenvalue weighted by Crippen LogP contribution is -2.48. The molecule has 0 aliphatic carbocycles. The van der Waals surface area contributed by atoms with E-state index in [1.54, 1.807) is 24.3 Å². The van der Waals surface area contributed by atoms with Gasteiger partial charge in [0.05, 0.1) is 18.0 Å². The summed E-state index contributed by atoms with van der Waals surface area (Å²) in [6.07, 6.45) is 1.82. The fraction of sp³-hybridized carbons (Fsp3) is 0.259. The molecule has 35 heavy (non-hydrogen) atoms. The second kappa shape index (κ2) is 11.6. The number of aromatic nitrogens is 1. The number of benzene rings is 2. The second-order valence-electron chi connectivity index (χ2n) is 8.43. The molecule has 1 aromatic heterocycles. The first-order valence-corrected chi connectivity index (χ1v) is 12.3. The van der Waals surface area contributed by atoms with Crippen LogP contribution in [-0.2, 0) is 0 Å². The first kappa shape index (κ1) is 25.0. The van der Waals surface area contributed by atoms with Gasteiger partial charge in [0.15, 0.2) is 0 Å². The average Bonchev–Trinajstić information content (AvgIpc) is 2.87. The minimum absolute atomic E-state index is 0.286. The quantitative estimate of drug-likeness (QED) is 0.274. The zero-order valence-electron chi connectivity index (χ0n) is 19.7. The Labute approximate surface area is 213 Å². The van der Waals surface area contributed by atoms with Crippen molar-refractivity contribution in [3.8, 4) is 0 Å². The molecule has 0 saturated carbocycles. The highest BCUT2D eigenvalue weighted by atomic mass is 79.9. The van der Waals surface area contributed by atoms with Gasteiger partial charge in [-0.25, -0.2) is 13.8 Å². The summed E-state index contributed by atoms with van der Waals surface area (Å²) in [5.74, 6) is 0.405. The summed E-state index contributed by atoms with van der Waals surface area (Å²) in [6.45, 7) is 11.1. The van der Waals surface area contributed by atoms with E-state index in [1.165, 1.54) is 24.3 Å². The van der Waals surface area contributed by atoms with Crippen molar-refractivity contribution in [1.82, 2.24) is 14.9 Å². The number of anilines is 1. The molecule has 1 saturated heterocycles. The van der Waals surface area contributed by atoms with Gasteiger partial charge in [0.25, 0.3) is 0 Å². The maximum atomic E-state index is 13.5. The van der Waals surface area contributed by atoms with Crippen LogP contribution in [0.1, 0.15) is 18.1 Å². The van der Waals surface area contributed by atoms with Crippen molar-refractivity contribution in [1.29, 1.82) is 0 Å². The first-order valence-electron chi connectivity index (χ1n) is 11.5. The van der Waals surface area contributed by atoms with Crippen LogP contribution in [0.5, 0.6) is 0 Å². The van der Waals surface area contributed by atoms with Crippen molar-refractivity contribution < 1.29 is 8.78 Å². The number of nitrogens with zero attached hydrogens (tertiary/aromatic N) is 5. The Bertz CT molecular complexity index is 1160. The highest BCUT2D eigenvalue weighted by Gasteiger charge is 2.19. The zero-order chi connectivity index (χ0) is 24.8. The molecule has 3 aromatic rings. The number of hydrazone groups is 1. The molecule has 1 aliphatic rings. The summed E-state index contributed by atoms with van der Waals surface area (Å²) in [5.41, 5.74) is 3.07. The maximum Gasteiger partial charge on any atom is 0.128 e. The van der Waals surface area contributed by atoms with Crippen LogP contribution in [0.15, 0.2) is 83.0 Å². The largest absolute Gasteiger partial charge is 0.354 e. The summed E-state index contributed by atoms with van der Waals surface area (Å²) in [5, 5.41) is 6.67. The Hall–Kier alpha value is -3.10. The molecule has 0 spiro atoms. The van der Waals surface area contributed by atoms with Crippen LogP contribution < -0.4 is 4.90 Å². The van der Waals surface area contributed by atoms with Crippen LogP contribution >= 0.6 is 15.9 Å². The molecule has 1 fully saturated rings. The van der Waals surface area contributed by atoms with E-state index in [1.807, 2.05) is 30.3 Å². The molecule has 2 aromatic carbocycles. The number of pyridine rings is 1. The standard InChI is InChI=1S/C27H28BrF2N5/c1-20(22-3-8-25(29)9-4-22)32-35(21(2)23-5-10-26(30)11-6-23)18-15-33-13-16-34(17-14-33)27-12-7-24(28)19-31-27/h3-12,19H,2,13-18H2,1H3/b32-20+. The minimum atomic E-state index is -0.294. The SMILES string of the molecule is C=C(c1ccc(F)cc1)N(CCN1CCN(c2ccc(Br)cn2)CC1)/N=C(\C)c1ccc(F)cc1. The van der Waals surface area contributed by atoms with Gasteiger partial charge in [-0.15, -0.1) is 0 Å². The molecule has 182 valence electrons. The third kappa shape index (κ3) is 6.74. The Kier molecular flexibility index (Phi) is 8.25. The van der Waals surface area contributed by atoms with Crippen LogP contribution in [-0.4, -0.2) is 59.9 Å². The van der Waals surface area contributed by atoms with Gasteiger partial charge in [-0.3, -0.25) is 9.91 Å². The van der Waals surface area contributed by atoms with E-state index >= 15 is 0 Å². The molecule has 0 bridgehead atoms. The number of hydrogen-bond acceptors (Lipinski definition) is 5. The van der Waals surface area contributed by atoms with E-state index in [0.717, 1.165) is 59.9 Å². The Morgan fingerprint density at radius 2 is 1.54 bits per heavy atom. The lowest BCUT2D eigenvalue weighted by Gasteiger charge is -2.36. The Morgan fingerprint density at radius 3 is 2.11 bits per heavy atom. The molecule has 5 nitrogen and oxygen atoms in total. The lowest BCUT2D eigenvalue weighted by atomic mass is 10.1. The highest BCUT2D eigenvalue weighted by Crippen LogP contribution is 2.20. The molecular formula is C27H28BrF2N5. The van der Waals surface area contributed by atoms with Crippen molar-refractivity contribution in [3.63, 3.8) is 0 Å². The van der Waals surface area contributed by atoms with Gasteiger partial charge in [-0.1, -0.05) is 18.7 Å². The van der Waals surface area contributed by atoms with Gasteiger partial charge >= 0.3 is 0 Å². The zero-order valence-corrected chi connectivity index (χ0v) is 21.3. The molecule has 0 amide bonds. The smallest absolute Gasteiger partial charge is 0.128 e. The monoisotopic (exact) mass is 539 g/mol. The number of piperazine rings is 1. The Morgan fingerprint density at radius 1 is 0.943 bits per heavy atom. The van der Waals surface area contributed by atoms with Crippen LogP contribution in [0.4, 0.5) is 14.6 Å². The minimum Gasteiger partial charge on any atom is -0.354 e. The van der Waals surface area contributed by atoms with Crippen molar-refractivity contribution in [2.75, 3.05) is 44.2 Å². The summed E-state index contributed by atoms with van der Waals surface area (Å²) in [7, 11) is 0. The molecule has 0 unspecified atom stereocenters. The third-order valence-electron chi connectivity index (χ3n) is 6.06. The van der Waals surface area contributed by atoms with Gasteiger partial charge in [-0.05, 0) is 82.5 Å². The van der Waals surface area contributed by atoms with Crippen molar-refractivity contribution in [2.45, 2.75) is 6.92 Å². The second-order valence-corrected chi connectivity index (χ2v) is 9.35. The van der Waals surface area contributed by atoms with Crippen LogP contribution in [0.25, 0.3) is 5.70 Å². The van der Waals surface area contributed by atoms with E-state index in [9.17, 15) is 8.78 Å². The maximum absolute atomic E-state index is 13.5. The Balaban J connectivity index is 1.44. The summed E-state index contributed by atoms with van der Waals surface area (Å²) < 4.78 is 27.8. The van der Waals surface area contributed by atoms with Gasteiger partial charge < -0.3 is 4.90 Å². The summed E-state index contributed by atoms with van der Waals surface area (Å²) in [6, 6.07) is 16.6. The van der Waals surface area contributed by atoms with Gasteiger partial charge in [0.1, 0.15) is 17.5 Å². The van der Waals surface area contributed by atoms with Gasteiger partial charge in [-0.2, -0.15) is 5.10 Å². The predicted octanol–water partition coefficient (Wildman–Crippen LogP) is 5.64. The molecule has 1 aliphatic heterocycles. The van der Waals surface area contributed by atoms with E-state index in [2.05, 4.69) is 37.3 Å². The number of hydrogen-bond donors (Lipinski definition) is 0. The third-order valence-corrected chi connectivity index (χ3v) is 6.53. The lowest BCUT2D eigenvalue weighted by molar-refractivity contribution is 0.232. The van der Waals surface area contributed by atoms with E-state index in [0.29, 0.717) is 12.2 Å². The molecule has 8 heteroatoms. The van der Waals surface area contributed by atoms with E-state index in [4.69, 9.17) is 5.10 Å². The normalized spacial score (nSPS) is 14.7. The number of rotatable bonds is 8. The molecule has 2 heterocycles. The highest BCUT2D eigenvalue weighted by molar-refractivity contribution is 9.10. The fourth-order valence-electron chi connectivity index (χ4n) is 3.96. The van der Waals surface area contributed by atoms with E-state index in [-0.39, 0.29) is 11.6 Å². The summed E-state index contributed by atoms with van der Waals surface area (Å²) >= 11 is 3.43.